The van der Waals surface area contributed by atoms with Crippen LogP contribution in [0.4, 0.5) is 10.7 Å². The smallest absolute Gasteiger partial charge is 0.306 e. The Balaban J connectivity index is 2.33. The lowest BCUT2D eigenvalue weighted by Gasteiger charge is -2.30. The van der Waals surface area contributed by atoms with Gasteiger partial charge in [-0.2, -0.15) is 4.31 Å². The van der Waals surface area contributed by atoms with Crippen molar-refractivity contribution >= 4 is 32.0 Å². The van der Waals surface area contributed by atoms with Crippen molar-refractivity contribution in [1.29, 1.82) is 0 Å². The van der Waals surface area contributed by atoms with Gasteiger partial charge in [0.1, 0.15) is 4.21 Å². The first-order valence-corrected chi connectivity index (χ1v) is 8.43. The van der Waals surface area contributed by atoms with Crippen LogP contribution in [0.2, 0.25) is 0 Å². The largest absolute Gasteiger partial charge is 0.380 e. The van der Waals surface area contributed by atoms with Crippen LogP contribution in [0.1, 0.15) is 12.8 Å². The predicted octanol–water partition coefficient (Wildman–Crippen LogP) is 0.741. The lowest BCUT2D eigenvalue weighted by atomic mass is 10.1. The third-order valence-electron chi connectivity index (χ3n) is 3.29. The van der Waals surface area contributed by atoms with E-state index in [9.17, 15) is 18.5 Å². The van der Waals surface area contributed by atoms with Gasteiger partial charge in [-0.25, -0.2) is 14.3 Å². The first-order valence-electron chi connectivity index (χ1n) is 6.18. The molecule has 11 heteroatoms. The topological polar surface area (TPSA) is 128 Å². The molecular formula is C10H16N4O5S2. The number of nitrogens with zero attached hydrogens (tertiary/aromatic N) is 2. The Bertz CT molecular complexity index is 629. The van der Waals surface area contributed by atoms with Crippen molar-refractivity contribution in [1.82, 2.24) is 4.31 Å². The predicted molar refractivity (Wildman–Crippen MR) is 77.6 cm³/mol. The maximum absolute atomic E-state index is 12.5. The van der Waals surface area contributed by atoms with Gasteiger partial charge >= 0.3 is 5.69 Å². The van der Waals surface area contributed by atoms with Crippen molar-refractivity contribution in [3.63, 3.8) is 0 Å². The van der Waals surface area contributed by atoms with Crippen LogP contribution in [0.5, 0.6) is 0 Å². The van der Waals surface area contributed by atoms with E-state index < -0.39 is 14.9 Å². The van der Waals surface area contributed by atoms with Crippen LogP contribution in [0.15, 0.2) is 10.3 Å². The summed E-state index contributed by atoms with van der Waals surface area (Å²) in [5, 5.41) is 10.9. The molecule has 1 fully saturated rings. The summed E-state index contributed by atoms with van der Waals surface area (Å²) in [6.45, 7) is 0.620. The van der Waals surface area contributed by atoms with Crippen LogP contribution in [-0.4, -0.2) is 43.9 Å². The zero-order valence-corrected chi connectivity index (χ0v) is 12.9. The summed E-state index contributed by atoms with van der Waals surface area (Å²) in [6.07, 6.45) is 1.33. The van der Waals surface area contributed by atoms with Gasteiger partial charge in [-0.1, -0.05) is 11.3 Å². The SMILES string of the molecule is COC1CCCN(S(=O)(=O)c2cc([N+](=O)[O-])c(NN)s2)C1. The standard InChI is InChI=1S/C10H16N4O5S2/c1-19-7-3-2-4-13(6-7)21(17,18)9-5-8(14(15)16)10(12-11)20-9/h5,7,12H,2-4,6,11H2,1H3. The van der Waals surface area contributed by atoms with Gasteiger partial charge in [-0.05, 0) is 12.8 Å². The van der Waals surface area contributed by atoms with Gasteiger partial charge in [0.05, 0.1) is 11.0 Å². The third kappa shape index (κ3) is 3.16. The van der Waals surface area contributed by atoms with E-state index in [4.69, 9.17) is 10.6 Å². The van der Waals surface area contributed by atoms with Gasteiger partial charge < -0.3 is 10.2 Å². The van der Waals surface area contributed by atoms with Gasteiger partial charge in [0.2, 0.25) is 0 Å². The fraction of sp³-hybridized carbons (Fsp3) is 0.600. The van der Waals surface area contributed by atoms with E-state index in [1.807, 2.05) is 0 Å². The normalized spacial score (nSPS) is 20.4. The molecule has 21 heavy (non-hydrogen) atoms. The van der Waals surface area contributed by atoms with Crippen LogP contribution in [0.3, 0.4) is 0 Å². The first-order chi connectivity index (χ1) is 9.90. The zero-order valence-electron chi connectivity index (χ0n) is 11.3. The highest BCUT2D eigenvalue weighted by Crippen LogP contribution is 2.38. The monoisotopic (exact) mass is 336 g/mol. The number of nitrogen functional groups attached to an aromatic ring is 1. The second kappa shape index (κ2) is 6.23. The van der Waals surface area contributed by atoms with Crippen molar-refractivity contribution in [2.24, 2.45) is 5.84 Å². The Labute approximate surface area is 125 Å². The summed E-state index contributed by atoms with van der Waals surface area (Å²) >= 11 is 0.749. The molecule has 1 aliphatic heterocycles. The third-order valence-corrected chi connectivity index (χ3v) is 6.66. The highest BCUT2D eigenvalue weighted by Gasteiger charge is 2.34. The van der Waals surface area contributed by atoms with E-state index in [1.165, 1.54) is 11.4 Å². The molecule has 1 aromatic heterocycles. The second-order valence-electron chi connectivity index (χ2n) is 4.54. The highest BCUT2D eigenvalue weighted by molar-refractivity contribution is 7.91. The van der Waals surface area contributed by atoms with Gasteiger partial charge in [-0.15, -0.1) is 0 Å². The van der Waals surface area contributed by atoms with E-state index in [0.717, 1.165) is 23.8 Å². The van der Waals surface area contributed by atoms with Gasteiger partial charge in [-0.3, -0.25) is 10.1 Å². The number of hydrogen-bond donors (Lipinski definition) is 2. The molecule has 2 heterocycles. The van der Waals surface area contributed by atoms with Crippen molar-refractivity contribution in [3.05, 3.63) is 16.2 Å². The molecule has 0 aliphatic carbocycles. The lowest BCUT2D eigenvalue weighted by Crippen LogP contribution is -2.42. The number of anilines is 1. The Morgan fingerprint density at radius 3 is 2.86 bits per heavy atom. The molecule has 0 saturated carbocycles. The number of ether oxygens (including phenoxy) is 1. The molecule has 1 unspecified atom stereocenters. The summed E-state index contributed by atoms with van der Waals surface area (Å²) < 4.78 is 31.5. The quantitative estimate of drug-likeness (QED) is 0.461. The van der Waals surface area contributed by atoms with Crippen molar-refractivity contribution < 1.29 is 18.1 Å². The second-order valence-corrected chi connectivity index (χ2v) is 7.76. The van der Waals surface area contributed by atoms with E-state index in [1.54, 1.807) is 0 Å². The molecule has 1 aromatic rings. The van der Waals surface area contributed by atoms with Crippen molar-refractivity contribution in [2.75, 3.05) is 25.6 Å². The maximum Gasteiger partial charge on any atom is 0.306 e. The van der Waals surface area contributed by atoms with Crippen LogP contribution in [-0.2, 0) is 14.8 Å². The number of sulfonamides is 1. The fourth-order valence-electron chi connectivity index (χ4n) is 2.17. The van der Waals surface area contributed by atoms with Crippen LogP contribution < -0.4 is 11.3 Å². The van der Waals surface area contributed by atoms with Gasteiger partial charge in [0, 0.05) is 26.3 Å². The molecule has 1 aliphatic rings. The number of methoxy groups -OCH3 is 1. The molecule has 0 radical (unpaired) electrons. The fourth-order valence-corrected chi connectivity index (χ4v) is 5.07. The van der Waals surface area contributed by atoms with Crippen LogP contribution in [0.25, 0.3) is 0 Å². The average Bonchev–Trinajstić information content (AvgIpc) is 2.92. The molecular weight excluding hydrogens is 320 g/mol. The maximum atomic E-state index is 12.5. The van der Waals surface area contributed by atoms with Crippen molar-refractivity contribution in [2.45, 2.75) is 23.2 Å². The van der Waals surface area contributed by atoms with Gasteiger partial charge in [0.15, 0.2) is 5.00 Å². The highest BCUT2D eigenvalue weighted by atomic mass is 32.2. The molecule has 0 spiro atoms. The Hall–Kier alpha value is -1.27. The number of nitrogens with two attached hydrogens (primary N) is 1. The molecule has 2 rings (SSSR count). The number of hydrazine groups is 1. The first kappa shape index (κ1) is 16.1. The number of nitro groups is 1. The molecule has 9 nitrogen and oxygen atoms in total. The lowest BCUT2D eigenvalue weighted by molar-refractivity contribution is -0.383. The van der Waals surface area contributed by atoms with E-state index in [0.29, 0.717) is 13.0 Å². The summed E-state index contributed by atoms with van der Waals surface area (Å²) in [6, 6.07) is 1.03. The molecule has 0 amide bonds. The van der Waals surface area contributed by atoms with E-state index in [2.05, 4.69) is 5.43 Å². The summed E-state index contributed by atoms with van der Waals surface area (Å²) in [7, 11) is -2.24. The molecule has 0 bridgehead atoms. The van der Waals surface area contributed by atoms with Crippen LogP contribution in [0, 0.1) is 10.1 Å². The number of piperidine rings is 1. The number of hydrogen-bond acceptors (Lipinski definition) is 8. The molecule has 1 saturated heterocycles. The Morgan fingerprint density at radius 1 is 1.62 bits per heavy atom. The van der Waals surface area contributed by atoms with E-state index in [-0.39, 0.29) is 27.5 Å². The summed E-state index contributed by atoms with van der Waals surface area (Å²) in [5.74, 6) is 5.19. The summed E-state index contributed by atoms with van der Waals surface area (Å²) in [5.41, 5.74) is 1.82. The Morgan fingerprint density at radius 2 is 2.33 bits per heavy atom. The molecule has 1 atom stereocenters. The van der Waals surface area contributed by atoms with Gasteiger partial charge in [0.25, 0.3) is 10.0 Å². The molecule has 118 valence electrons. The zero-order chi connectivity index (χ0) is 15.6. The van der Waals surface area contributed by atoms with Crippen LogP contribution >= 0.6 is 11.3 Å². The average molecular weight is 336 g/mol. The number of thiophene rings is 1. The van der Waals surface area contributed by atoms with E-state index >= 15 is 0 Å². The minimum atomic E-state index is -3.78. The summed E-state index contributed by atoms with van der Waals surface area (Å²) in [4.78, 5) is 10.2. The van der Waals surface area contributed by atoms with Crippen molar-refractivity contribution in [3.8, 4) is 0 Å². The number of rotatable bonds is 5. The Kier molecular flexibility index (Phi) is 4.78. The number of nitrogens with one attached hydrogen (secondary N) is 1. The minimum absolute atomic E-state index is 0.0128. The molecule has 0 aromatic carbocycles. The molecule has 3 N–H and O–H groups in total. The minimum Gasteiger partial charge on any atom is -0.380 e.